The van der Waals surface area contributed by atoms with Crippen molar-refractivity contribution >= 4 is 0 Å². The van der Waals surface area contributed by atoms with Crippen molar-refractivity contribution in [3.63, 3.8) is 0 Å². The van der Waals surface area contributed by atoms with Gasteiger partial charge in [0.15, 0.2) is 12.6 Å². The summed E-state index contributed by atoms with van der Waals surface area (Å²) in [6.07, 6.45) is -13.8. The van der Waals surface area contributed by atoms with E-state index in [9.17, 15) is 30.6 Å². The highest BCUT2D eigenvalue weighted by Gasteiger charge is 2.52. The third-order valence-corrected chi connectivity index (χ3v) is 6.13. The molecule has 14 nitrogen and oxygen atoms in total. The molecule has 2 saturated heterocycles. The van der Waals surface area contributed by atoms with Crippen molar-refractivity contribution in [3.05, 3.63) is 0 Å². The van der Waals surface area contributed by atoms with Gasteiger partial charge in [-0.2, -0.15) is 0 Å². The van der Waals surface area contributed by atoms with E-state index in [0.717, 1.165) is 0 Å². The lowest BCUT2D eigenvalue weighted by Crippen LogP contribution is -2.68. The van der Waals surface area contributed by atoms with E-state index in [1.54, 1.807) is 0 Å². The number of rotatable bonds is 6. The molecule has 0 unspecified atom stereocenters. The molecule has 2 aliphatic heterocycles. The molecular formula is C17H34N4O10. The van der Waals surface area contributed by atoms with Gasteiger partial charge in [0.1, 0.15) is 48.8 Å². The average molecular weight is 454 g/mol. The van der Waals surface area contributed by atoms with Crippen molar-refractivity contribution in [3.8, 4) is 0 Å². The maximum Gasteiger partial charge on any atom is 0.187 e. The van der Waals surface area contributed by atoms with Crippen molar-refractivity contribution in [2.45, 2.75) is 92.1 Å². The van der Waals surface area contributed by atoms with Gasteiger partial charge in [-0.3, -0.25) is 0 Å². The molecule has 14 heteroatoms. The zero-order valence-electron chi connectivity index (χ0n) is 16.8. The molecule has 0 radical (unpaired) electrons. The Hall–Kier alpha value is -0.560. The number of hydrogen-bond acceptors (Lipinski definition) is 14. The molecule has 2 heterocycles. The van der Waals surface area contributed by atoms with Crippen LogP contribution >= 0.6 is 0 Å². The van der Waals surface area contributed by atoms with Crippen molar-refractivity contribution < 1.29 is 49.6 Å². The number of aliphatic hydroxyl groups excluding tert-OH is 6. The molecule has 0 spiro atoms. The standard InChI is InChI=1S/C17H34N4O10/c18-2-6-10(24)12(26)8(21)16(28-6)30-14-5(20)1-4(19)9(23)15(14)31-17-13(27)11(25)7(3-22)29-17/h4-17,22-27H,1-3,18-21H2/t4-,5+,6-,7-,8-,9+,10-,11+,12-,13-,14-,15-,16-,17+/m1/s1. The molecule has 3 fully saturated rings. The van der Waals surface area contributed by atoms with Crippen molar-refractivity contribution in [1.82, 2.24) is 0 Å². The average Bonchev–Trinajstić information content (AvgIpc) is 3.02. The highest BCUT2D eigenvalue weighted by Crippen LogP contribution is 2.31. The molecule has 1 saturated carbocycles. The molecule has 0 aromatic carbocycles. The Labute approximate surface area is 178 Å². The smallest absolute Gasteiger partial charge is 0.187 e. The monoisotopic (exact) mass is 454 g/mol. The summed E-state index contributed by atoms with van der Waals surface area (Å²) in [5.74, 6) is 0. The Balaban J connectivity index is 1.78. The van der Waals surface area contributed by atoms with Gasteiger partial charge in [-0.05, 0) is 6.42 Å². The fourth-order valence-electron chi connectivity index (χ4n) is 4.16. The Morgan fingerprint density at radius 3 is 1.87 bits per heavy atom. The number of hydrogen-bond donors (Lipinski definition) is 10. The summed E-state index contributed by atoms with van der Waals surface area (Å²) in [5, 5.41) is 60.2. The molecule has 3 aliphatic rings. The van der Waals surface area contributed by atoms with E-state index >= 15 is 0 Å². The summed E-state index contributed by atoms with van der Waals surface area (Å²) < 4.78 is 22.5. The largest absolute Gasteiger partial charge is 0.394 e. The Kier molecular flexibility index (Phi) is 8.21. The Morgan fingerprint density at radius 2 is 1.29 bits per heavy atom. The predicted molar refractivity (Wildman–Crippen MR) is 102 cm³/mol. The van der Waals surface area contributed by atoms with E-state index in [2.05, 4.69) is 0 Å². The van der Waals surface area contributed by atoms with Crippen LogP contribution in [0.3, 0.4) is 0 Å². The summed E-state index contributed by atoms with van der Waals surface area (Å²) in [5.41, 5.74) is 23.6. The van der Waals surface area contributed by atoms with Crippen molar-refractivity contribution in [2.75, 3.05) is 13.2 Å². The molecule has 0 bridgehead atoms. The molecule has 1 aliphatic carbocycles. The Morgan fingerprint density at radius 1 is 0.710 bits per heavy atom. The summed E-state index contributed by atoms with van der Waals surface area (Å²) >= 11 is 0. The van der Waals surface area contributed by atoms with Gasteiger partial charge in [0.25, 0.3) is 0 Å². The second-order valence-corrected chi connectivity index (χ2v) is 8.30. The normalized spacial score (nSPS) is 53.6. The fourth-order valence-corrected chi connectivity index (χ4v) is 4.16. The molecule has 31 heavy (non-hydrogen) atoms. The van der Waals surface area contributed by atoms with Gasteiger partial charge in [-0.25, -0.2) is 0 Å². The van der Waals surface area contributed by atoms with E-state index in [4.69, 9.17) is 41.9 Å². The second kappa shape index (κ2) is 10.1. The SMILES string of the molecule is NC[C@H]1O[C@H](O[C@H]2[C@H](O[C@@H]3O[C@H](CO)[C@H](O)[C@H]3O)[C@@H](O)[C@H](N)C[C@@H]2N)[C@H](N)[C@@H](O)[C@@H]1O. The van der Waals surface area contributed by atoms with Crippen LogP contribution in [0.4, 0.5) is 0 Å². The van der Waals surface area contributed by atoms with Gasteiger partial charge < -0.3 is 72.5 Å². The lowest BCUT2D eigenvalue weighted by atomic mass is 9.84. The van der Waals surface area contributed by atoms with Gasteiger partial charge >= 0.3 is 0 Å². The van der Waals surface area contributed by atoms with E-state index in [-0.39, 0.29) is 13.0 Å². The molecule has 14 N–H and O–H groups in total. The minimum atomic E-state index is -1.51. The first-order valence-corrected chi connectivity index (χ1v) is 10.2. The molecular weight excluding hydrogens is 420 g/mol. The molecule has 0 amide bonds. The van der Waals surface area contributed by atoms with Crippen molar-refractivity contribution in [1.29, 1.82) is 0 Å². The van der Waals surface area contributed by atoms with Gasteiger partial charge in [0, 0.05) is 18.6 Å². The van der Waals surface area contributed by atoms with Crippen molar-refractivity contribution in [2.24, 2.45) is 22.9 Å². The van der Waals surface area contributed by atoms with Crippen LogP contribution in [-0.2, 0) is 18.9 Å². The van der Waals surface area contributed by atoms with Crippen LogP contribution in [-0.4, -0.2) is 129 Å². The lowest BCUT2D eigenvalue weighted by Gasteiger charge is -2.47. The van der Waals surface area contributed by atoms with Crippen LogP contribution in [0.5, 0.6) is 0 Å². The first kappa shape index (κ1) is 25.1. The van der Waals surface area contributed by atoms with Crippen LogP contribution in [0.25, 0.3) is 0 Å². The summed E-state index contributed by atoms with van der Waals surface area (Å²) in [4.78, 5) is 0. The maximum atomic E-state index is 10.6. The fraction of sp³-hybridized carbons (Fsp3) is 1.00. The second-order valence-electron chi connectivity index (χ2n) is 8.30. The van der Waals surface area contributed by atoms with Gasteiger partial charge in [0.2, 0.25) is 0 Å². The predicted octanol–water partition coefficient (Wildman–Crippen LogP) is -6.65. The van der Waals surface area contributed by atoms with Gasteiger partial charge in [0.05, 0.1) is 18.8 Å². The lowest BCUT2D eigenvalue weighted by molar-refractivity contribution is -0.306. The van der Waals surface area contributed by atoms with E-state index in [1.807, 2.05) is 0 Å². The molecule has 14 atom stereocenters. The number of nitrogens with two attached hydrogens (primary N) is 4. The van der Waals surface area contributed by atoms with E-state index < -0.39 is 92.2 Å². The van der Waals surface area contributed by atoms with Crippen LogP contribution < -0.4 is 22.9 Å². The van der Waals surface area contributed by atoms with Crippen LogP contribution in [0.1, 0.15) is 6.42 Å². The Bertz CT molecular complexity index is 591. The zero-order valence-corrected chi connectivity index (χ0v) is 16.8. The minimum absolute atomic E-state index is 0.114. The summed E-state index contributed by atoms with van der Waals surface area (Å²) in [7, 11) is 0. The van der Waals surface area contributed by atoms with E-state index in [1.165, 1.54) is 0 Å². The minimum Gasteiger partial charge on any atom is -0.394 e. The van der Waals surface area contributed by atoms with Crippen LogP contribution in [0.2, 0.25) is 0 Å². The number of ether oxygens (including phenoxy) is 4. The van der Waals surface area contributed by atoms with E-state index in [0.29, 0.717) is 0 Å². The highest BCUT2D eigenvalue weighted by atomic mass is 16.7. The summed E-state index contributed by atoms with van der Waals surface area (Å²) in [6.45, 7) is -0.673. The third-order valence-electron chi connectivity index (χ3n) is 6.13. The molecule has 0 aromatic rings. The molecule has 182 valence electrons. The highest BCUT2D eigenvalue weighted by molar-refractivity contribution is 5.01. The maximum absolute atomic E-state index is 10.6. The van der Waals surface area contributed by atoms with Crippen LogP contribution in [0, 0.1) is 0 Å². The molecule has 3 rings (SSSR count). The zero-order chi connectivity index (χ0) is 23.0. The molecule has 0 aromatic heterocycles. The third kappa shape index (κ3) is 4.87. The first-order chi connectivity index (χ1) is 14.6. The quantitative estimate of drug-likeness (QED) is 0.179. The van der Waals surface area contributed by atoms with Crippen LogP contribution in [0.15, 0.2) is 0 Å². The number of aliphatic hydroxyl groups is 6. The topological polar surface area (TPSA) is 262 Å². The first-order valence-electron chi connectivity index (χ1n) is 10.2. The van der Waals surface area contributed by atoms with Gasteiger partial charge in [-0.15, -0.1) is 0 Å². The van der Waals surface area contributed by atoms with Gasteiger partial charge in [-0.1, -0.05) is 0 Å². The summed E-state index contributed by atoms with van der Waals surface area (Å²) in [6, 6.07) is -2.72.